The summed E-state index contributed by atoms with van der Waals surface area (Å²) in [7, 11) is 0. The van der Waals surface area contributed by atoms with Gasteiger partial charge in [-0.25, -0.2) is 4.98 Å². The number of amides is 1. The third-order valence-corrected chi connectivity index (χ3v) is 6.77. The molecule has 2 heterocycles. The van der Waals surface area contributed by atoms with Crippen LogP contribution in [0.1, 0.15) is 15.4 Å². The van der Waals surface area contributed by atoms with E-state index in [2.05, 4.69) is 4.98 Å². The molecule has 3 aromatic rings. The lowest BCUT2D eigenvalue weighted by atomic mass is 10.2. The van der Waals surface area contributed by atoms with Gasteiger partial charge in [-0.3, -0.25) is 14.9 Å². The van der Waals surface area contributed by atoms with Crippen LogP contribution < -0.4 is 4.90 Å². The van der Waals surface area contributed by atoms with Crippen LogP contribution in [0.2, 0.25) is 10.0 Å². The Morgan fingerprint density at radius 3 is 2.48 bits per heavy atom. The van der Waals surface area contributed by atoms with Crippen molar-refractivity contribution in [2.24, 2.45) is 0 Å². The molecule has 1 amide bonds. The fourth-order valence-electron chi connectivity index (χ4n) is 3.54. The Labute approximate surface area is 193 Å². The number of nitrogens with zero attached hydrogens (tertiary/aromatic N) is 4. The van der Waals surface area contributed by atoms with E-state index in [1.165, 1.54) is 17.4 Å². The number of thiazole rings is 1. The summed E-state index contributed by atoms with van der Waals surface area (Å²) in [5.41, 5.74) is 2.04. The Morgan fingerprint density at radius 2 is 1.81 bits per heavy atom. The van der Waals surface area contributed by atoms with Gasteiger partial charge in [-0.2, -0.15) is 0 Å². The topological polar surface area (TPSA) is 79.6 Å². The molecule has 0 spiro atoms. The van der Waals surface area contributed by atoms with Crippen molar-refractivity contribution in [3.8, 4) is 10.6 Å². The third-order valence-electron chi connectivity index (χ3n) is 5.10. The molecule has 0 radical (unpaired) electrons. The van der Waals surface area contributed by atoms with Crippen molar-refractivity contribution in [2.45, 2.75) is 6.92 Å². The number of carbonyl (C=O) groups excluding carboxylic acids is 1. The molecule has 10 heteroatoms. The summed E-state index contributed by atoms with van der Waals surface area (Å²) in [6.45, 7) is 3.73. The number of benzene rings is 2. The van der Waals surface area contributed by atoms with Crippen molar-refractivity contribution in [1.29, 1.82) is 0 Å². The average Bonchev–Trinajstić information content (AvgIpc) is 3.15. The Hall–Kier alpha value is -2.68. The molecule has 7 nitrogen and oxygen atoms in total. The average molecular weight is 477 g/mol. The molecule has 4 rings (SSSR count). The summed E-state index contributed by atoms with van der Waals surface area (Å²) < 4.78 is 0. The number of piperazine rings is 1. The van der Waals surface area contributed by atoms with E-state index in [-0.39, 0.29) is 11.6 Å². The molecular formula is C21H18Cl2N4O3S. The molecular weight excluding hydrogens is 459 g/mol. The van der Waals surface area contributed by atoms with Crippen LogP contribution in [0.5, 0.6) is 0 Å². The van der Waals surface area contributed by atoms with Crippen LogP contribution in [0.3, 0.4) is 0 Å². The summed E-state index contributed by atoms with van der Waals surface area (Å²) in [5.74, 6) is -0.0754. The van der Waals surface area contributed by atoms with Crippen LogP contribution >= 0.6 is 34.5 Å². The molecule has 0 bridgehead atoms. The maximum Gasteiger partial charge on any atom is 0.294 e. The van der Waals surface area contributed by atoms with E-state index in [9.17, 15) is 14.9 Å². The number of nitro groups is 1. The van der Waals surface area contributed by atoms with Gasteiger partial charge in [0.2, 0.25) is 0 Å². The largest absolute Gasteiger partial charge is 0.362 e. The SMILES string of the molecule is Cc1nc(-c2cccc(Cl)c2)sc1C(=O)N1CCN(c2ccc(Cl)cc2[N+](=O)[O-])CC1. The highest BCUT2D eigenvalue weighted by molar-refractivity contribution is 7.17. The quantitative estimate of drug-likeness (QED) is 0.377. The second-order valence-corrected chi connectivity index (χ2v) is 8.99. The van der Waals surface area contributed by atoms with E-state index in [0.29, 0.717) is 52.5 Å². The fraction of sp³-hybridized carbons (Fsp3) is 0.238. The molecule has 0 atom stereocenters. The zero-order valence-electron chi connectivity index (χ0n) is 16.5. The van der Waals surface area contributed by atoms with Gasteiger partial charge in [0.05, 0.1) is 10.6 Å². The van der Waals surface area contributed by atoms with Crippen molar-refractivity contribution in [3.63, 3.8) is 0 Å². The molecule has 1 aromatic heterocycles. The second-order valence-electron chi connectivity index (χ2n) is 7.11. The zero-order valence-corrected chi connectivity index (χ0v) is 18.9. The second kappa shape index (κ2) is 8.82. The number of hydrogen-bond acceptors (Lipinski definition) is 6. The van der Waals surface area contributed by atoms with Gasteiger partial charge in [0.1, 0.15) is 15.6 Å². The Kier molecular flexibility index (Phi) is 6.13. The van der Waals surface area contributed by atoms with Gasteiger partial charge in [-0.1, -0.05) is 35.3 Å². The molecule has 1 saturated heterocycles. The molecule has 1 fully saturated rings. The number of aryl methyl sites for hydroxylation is 1. The number of rotatable bonds is 4. The number of carbonyl (C=O) groups is 1. The normalized spacial score (nSPS) is 14.0. The van der Waals surface area contributed by atoms with Crippen molar-refractivity contribution < 1.29 is 9.72 Å². The maximum absolute atomic E-state index is 13.1. The lowest BCUT2D eigenvalue weighted by molar-refractivity contribution is -0.384. The molecule has 0 N–H and O–H groups in total. The summed E-state index contributed by atoms with van der Waals surface area (Å²) >= 11 is 13.3. The monoisotopic (exact) mass is 476 g/mol. The number of aromatic nitrogens is 1. The first kappa shape index (κ1) is 21.5. The van der Waals surface area contributed by atoms with Crippen LogP contribution in [0.4, 0.5) is 11.4 Å². The highest BCUT2D eigenvalue weighted by Crippen LogP contribution is 2.33. The van der Waals surface area contributed by atoms with Gasteiger partial charge < -0.3 is 9.80 Å². The smallest absolute Gasteiger partial charge is 0.294 e. The van der Waals surface area contributed by atoms with Crippen molar-refractivity contribution in [3.05, 3.63) is 73.2 Å². The van der Waals surface area contributed by atoms with Crippen molar-refractivity contribution >= 4 is 51.8 Å². The third kappa shape index (κ3) is 4.51. The van der Waals surface area contributed by atoms with E-state index in [1.807, 2.05) is 30.0 Å². The van der Waals surface area contributed by atoms with Crippen molar-refractivity contribution in [1.82, 2.24) is 9.88 Å². The van der Waals surface area contributed by atoms with Gasteiger partial charge in [0.15, 0.2) is 0 Å². The minimum Gasteiger partial charge on any atom is -0.362 e. The molecule has 1 aliphatic heterocycles. The van der Waals surface area contributed by atoms with Crippen LogP contribution in [0.25, 0.3) is 10.6 Å². The van der Waals surface area contributed by atoms with Gasteiger partial charge in [0, 0.05) is 47.9 Å². The standard InChI is InChI=1S/C21H18Cl2N4O3S/c1-13-19(31-20(24-13)14-3-2-4-15(22)11-14)21(28)26-9-7-25(8-10-26)17-6-5-16(23)12-18(17)27(29)30/h2-6,11-12H,7-10H2,1H3. The first-order valence-electron chi connectivity index (χ1n) is 9.55. The predicted octanol–water partition coefficient (Wildman–Crippen LogP) is 5.30. The number of hydrogen-bond donors (Lipinski definition) is 0. The van der Waals surface area contributed by atoms with E-state index in [0.717, 1.165) is 10.6 Å². The highest BCUT2D eigenvalue weighted by atomic mass is 35.5. The van der Waals surface area contributed by atoms with Crippen LogP contribution in [0.15, 0.2) is 42.5 Å². The summed E-state index contributed by atoms with van der Waals surface area (Å²) in [6, 6.07) is 12.0. The summed E-state index contributed by atoms with van der Waals surface area (Å²) in [4.78, 5) is 32.9. The van der Waals surface area contributed by atoms with Gasteiger partial charge >= 0.3 is 0 Å². The first-order valence-corrected chi connectivity index (χ1v) is 11.1. The molecule has 160 valence electrons. The fourth-order valence-corrected chi connectivity index (χ4v) is 4.93. The van der Waals surface area contributed by atoms with Gasteiger partial charge in [0.25, 0.3) is 11.6 Å². The van der Waals surface area contributed by atoms with Crippen LogP contribution in [-0.4, -0.2) is 46.9 Å². The minimum atomic E-state index is -0.434. The highest BCUT2D eigenvalue weighted by Gasteiger charge is 2.28. The zero-order chi connectivity index (χ0) is 22.1. The Morgan fingerprint density at radius 1 is 1.10 bits per heavy atom. The maximum atomic E-state index is 13.1. The molecule has 2 aromatic carbocycles. The van der Waals surface area contributed by atoms with Crippen LogP contribution in [-0.2, 0) is 0 Å². The van der Waals surface area contributed by atoms with Crippen LogP contribution in [0, 0.1) is 17.0 Å². The van der Waals surface area contributed by atoms with E-state index < -0.39 is 4.92 Å². The molecule has 0 saturated carbocycles. The van der Waals surface area contributed by atoms with E-state index in [4.69, 9.17) is 23.2 Å². The number of nitro benzene ring substituents is 1. The number of halogens is 2. The first-order chi connectivity index (χ1) is 14.8. The Bertz CT molecular complexity index is 1160. The van der Waals surface area contributed by atoms with Gasteiger partial charge in [-0.05, 0) is 31.2 Å². The minimum absolute atomic E-state index is 0.0308. The molecule has 31 heavy (non-hydrogen) atoms. The summed E-state index contributed by atoms with van der Waals surface area (Å²) in [5, 5.41) is 13.1. The van der Waals surface area contributed by atoms with Gasteiger partial charge in [-0.15, -0.1) is 11.3 Å². The molecule has 0 unspecified atom stereocenters. The summed E-state index contributed by atoms with van der Waals surface area (Å²) in [6.07, 6.45) is 0. The van der Waals surface area contributed by atoms with E-state index >= 15 is 0 Å². The van der Waals surface area contributed by atoms with Crippen molar-refractivity contribution in [2.75, 3.05) is 31.1 Å². The predicted molar refractivity (Wildman–Crippen MR) is 124 cm³/mol. The number of anilines is 1. The van der Waals surface area contributed by atoms with E-state index in [1.54, 1.807) is 23.1 Å². The molecule has 1 aliphatic rings. The lowest BCUT2D eigenvalue weighted by Crippen LogP contribution is -2.48. The lowest BCUT2D eigenvalue weighted by Gasteiger charge is -2.35. The molecule has 0 aliphatic carbocycles. The Balaban J connectivity index is 1.49.